The molecule has 2 rings (SSSR count). The summed E-state index contributed by atoms with van der Waals surface area (Å²) < 4.78 is 1.75. The smallest absolute Gasteiger partial charge is 0.187 e. The molecule has 1 aromatic carbocycles. The number of thioether (sulfide) groups is 1. The summed E-state index contributed by atoms with van der Waals surface area (Å²) in [5.41, 5.74) is 2.19. The fourth-order valence-corrected chi connectivity index (χ4v) is 1.68. The second-order valence-corrected chi connectivity index (χ2v) is 3.64. The maximum Gasteiger partial charge on any atom is 0.213 e. The van der Waals surface area contributed by atoms with Crippen molar-refractivity contribution in [3.63, 3.8) is 0 Å². The second kappa shape index (κ2) is 3.79. The van der Waals surface area contributed by atoms with Crippen LogP contribution in [0, 0.1) is 6.92 Å². The van der Waals surface area contributed by atoms with Crippen LogP contribution in [0.3, 0.4) is 0 Å². The first-order valence-electron chi connectivity index (χ1n) is 4.21. The Morgan fingerprint density at radius 1 is 1.29 bits per heavy atom. The molecule has 0 amide bonds. The molecule has 0 N–H and O–H groups in total. The normalized spacial score (nSPS) is 10.4. The van der Waals surface area contributed by atoms with Gasteiger partial charge in [-0.25, -0.2) is 0 Å². The maximum atomic E-state index is 3.95. The molecule has 0 saturated carbocycles. The van der Waals surface area contributed by atoms with Crippen LogP contribution in [0.1, 0.15) is 5.56 Å². The Balaban J connectivity index is 2.54. The lowest BCUT2D eigenvalue weighted by Gasteiger charge is -2.04. The van der Waals surface area contributed by atoms with Crippen molar-refractivity contribution >= 4 is 11.8 Å². The minimum absolute atomic E-state index is 0.805. The van der Waals surface area contributed by atoms with Crippen LogP contribution in [0.2, 0.25) is 0 Å². The van der Waals surface area contributed by atoms with Crippen LogP contribution in [0.4, 0.5) is 0 Å². The summed E-state index contributed by atoms with van der Waals surface area (Å²) >= 11 is 1.53. The molecule has 0 fully saturated rings. The third kappa shape index (κ3) is 1.50. The number of aryl methyl sites for hydroxylation is 1. The van der Waals surface area contributed by atoms with Crippen LogP contribution in [-0.2, 0) is 0 Å². The summed E-state index contributed by atoms with van der Waals surface area (Å²) in [4.78, 5) is 0. The molecule has 72 valence electrons. The molecular weight excluding hydrogens is 196 g/mol. The third-order valence-corrected chi connectivity index (χ3v) is 2.59. The molecule has 0 atom stereocenters. The summed E-state index contributed by atoms with van der Waals surface area (Å²) in [5.74, 6) is 0. The van der Waals surface area contributed by atoms with Crippen molar-refractivity contribution in [3.8, 4) is 5.69 Å². The van der Waals surface area contributed by atoms with E-state index < -0.39 is 0 Å². The van der Waals surface area contributed by atoms with E-state index in [1.807, 2.05) is 37.4 Å². The van der Waals surface area contributed by atoms with Crippen molar-refractivity contribution in [2.24, 2.45) is 0 Å². The molecule has 0 saturated heterocycles. The Bertz CT molecular complexity index is 438. The first-order valence-corrected chi connectivity index (χ1v) is 5.44. The van der Waals surface area contributed by atoms with E-state index in [1.54, 1.807) is 4.68 Å². The largest absolute Gasteiger partial charge is 0.213 e. The third-order valence-electron chi connectivity index (χ3n) is 1.97. The highest BCUT2D eigenvalue weighted by atomic mass is 32.2. The predicted octanol–water partition coefficient (Wildman–Crippen LogP) is 1.69. The van der Waals surface area contributed by atoms with Gasteiger partial charge in [0, 0.05) is 0 Å². The Kier molecular flexibility index (Phi) is 2.49. The summed E-state index contributed by atoms with van der Waals surface area (Å²) in [7, 11) is 0. The molecule has 0 aliphatic rings. The van der Waals surface area contributed by atoms with Crippen molar-refractivity contribution < 1.29 is 0 Å². The SMILES string of the molecule is CSc1nnnn1-c1ccccc1C. The average Bonchev–Trinajstić information content (AvgIpc) is 2.66. The zero-order chi connectivity index (χ0) is 9.97. The van der Waals surface area contributed by atoms with Crippen molar-refractivity contribution in [2.75, 3.05) is 6.26 Å². The number of benzene rings is 1. The van der Waals surface area contributed by atoms with Crippen LogP contribution in [0.15, 0.2) is 29.4 Å². The first-order chi connectivity index (χ1) is 6.83. The lowest BCUT2D eigenvalue weighted by atomic mass is 10.2. The maximum absolute atomic E-state index is 3.95. The fraction of sp³-hybridized carbons (Fsp3) is 0.222. The van der Waals surface area contributed by atoms with Crippen molar-refractivity contribution in [1.29, 1.82) is 0 Å². The summed E-state index contributed by atoms with van der Waals surface area (Å²) in [6.07, 6.45) is 1.96. The van der Waals surface area contributed by atoms with Gasteiger partial charge in [0.05, 0.1) is 5.69 Å². The minimum Gasteiger partial charge on any atom is -0.187 e. The van der Waals surface area contributed by atoms with E-state index in [0.29, 0.717) is 0 Å². The molecule has 1 heterocycles. The van der Waals surface area contributed by atoms with Gasteiger partial charge in [0.1, 0.15) is 0 Å². The van der Waals surface area contributed by atoms with Gasteiger partial charge < -0.3 is 0 Å². The average molecular weight is 206 g/mol. The van der Waals surface area contributed by atoms with Gasteiger partial charge in [-0.15, -0.1) is 5.10 Å². The molecule has 14 heavy (non-hydrogen) atoms. The summed E-state index contributed by atoms with van der Waals surface area (Å²) in [6, 6.07) is 8.03. The molecule has 0 bridgehead atoms. The molecule has 4 nitrogen and oxygen atoms in total. The standard InChI is InChI=1S/C9H10N4S/c1-7-5-3-4-6-8(7)13-9(14-2)10-11-12-13/h3-6H,1-2H3. The van der Waals surface area contributed by atoms with Crippen LogP contribution in [0.5, 0.6) is 0 Å². The summed E-state index contributed by atoms with van der Waals surface area (Å²) in [6.45, 7) is 2.04. The van der Waals surface area contributed by atoms with E-state index >= 15 is 0 Å². The van der Waals surface area contributed by atoms with Crippen LogP contribution in [0.25, 0.3) is 5.69 Å². The zero-order valence-electron chi connectivity index (χ0n) is 8.01. The van der Waals surface area contributed by atoms with Crippen LogP contribution in [-0.4, -0.2) is 26.5 Å². The van der Waals surface area contributed by atoms with Crippen LogP contribution < -0.4 is 0 Å². The quantitative estimate of drug-likeness (QED) is 0.701. The number of hydrogen-bond donors (Lipinski definition) is 0. The molecule has 5 heteroatoms. The molecule has 0 spiro atoms. The van der Waals surface area contributed by atoms with Gasteiger partial charge in [0.15, 0.2) is 0 Å². The van der Waals surface area contributed by atoms with E-state index in [2.05, 4.69) is 15.5 Å². The monoisotopic (exact) mass is 206 g/mol. The number of hydrogen-bond acceptors (Lipinski definition) is 4. The zero-order valence-corrected chi connectivity index (χ0v) is 8.82. The van der Waals surface area contributed by atoms with E-state index in [4.69, 9.17) is 0 Å². The minimum atomic E-state index is 0.805. The van der Waals surface area contributed by atoms with Crippen molar-refractivity contribution in [3.05, 3.63) is 29.8 Å². The van der Waals surface area contributed by atoms with Gasteiger partial charge >= 0.3 is 0 Å². The lowest BCUT2D eigenvalue weighted by molar-refractivity contribution is 0.752. The predicted molar refractivity (Wildman–Crippen MR) is 55.7 cm³/mol. The second-order valence-electron chi connectivity index (χ2n) is 2.86. The number of tetrazole rings is 1. The van der Waals surface area contributed by atoms with Gasteiger partial charge in [-0.2, -0.15) is 4.68 Å². The highest BCUT2D eigenvalue weighted by Crippen LogP contribution is 2.17. The number of nitrogens with zero attached hydrogens (tertiary/aromatic N) is 4. The lowest BCUT2D eigenvalue weighted by Crippen LogP contribution is -2.00. The number of rotatable bonds is 2. The molecule has 0 unspecified atom stereocenters. The number of aromatic nitrogens is 4. The van der Waals surface area contributed by atoms with E-state index in [-0.39, 0.29) is 0 Å². The van der Waals surface area contributed by atoms with Crippen molar-refractivity contribution in [1.82, 2.24) is 20.2 Å². The van der Waals surface area contributed by atoms with Gasteiger partial charge in [-0.3, -0.25) is 0 Å². The van der Waals surface area contributed by atoms with Crippen LogP contribution >= 0.6 is 11.8 Å². The molecule has 2 aromatic rings. The highest BCUT2D eigenvalue weighted by Gasteiger charge is 2.07. The molecule has 0 aliphatic carbocycles. The van der Waals surface area contributed by atoms with E-state index in [9.17, 15) is 0 Å². The fourth-order valence-electron chi connectivity index (χ4n) is 1.26. The van der Waals surface area contributed by atoms with E-state index in [0.717, 1.165) is 16.4 Å². The Morgan fingerprint density at radius 2 is 2.07 bits per heavy atom. The Hall–Kier alpha value is -1.36. The number of para-hydroxylation sites is 1. The summed E-state index contributed by atoms with van der Waals surface area (Å²) in [5, 5.41) is 12.3. The van der Waals surface area contributed by atoms with Gasteiger partial charge in [-0.1, -0.05) is 30.0 Å². The topological polar surface area (TPSA) is 43.6 Å². The Morgan fingerprint density at radius 3 is 2.79 bits per heavy atom. The molecular formula is C9H10N4S. The molecule has 1 aromatic heterocycles. The van der Waals surface area contributed by atoms with Gasteiger partial charge in [0.2, 0.25) is 5.16 Å². The first kappa shape index (κ1) is 9.21. The molecule has 0 radical (unpaired) electrons. The van der Waals surface area contributed by atoms with Crippen molar-refractivity contribution in [2.45, 2.75) is 12.1 Å². The van der Waals surface area contributed by atoms with Gasteiger partial charge in [-0.05, 0) is 35.2 Å². The highest BCUT2D eigenvalue weighted by molar-refractivity contribution is 7.98. The molecule has 0 aliphatic heterocycles. The van der Waals surface area contributed by atoms with Gasteiger partial charge in [0.25, 0.3) is 0 Å². The van der Waals surface area contributed by atoms with E-state index in [1.165, 1.54) is 11.8 Å². The Labute approximate surface area is 86.3 Å².